The number of nitrogens with zero attached hydrogens (tertiary/aromatic N) is 1. The number of aliphatic carboxylic acids is 1. The molecular weight excluding hydrogens is 280 g/mol. The van der Waals surface area contributed by atoms with Crippen LogP contribution in [-0.2, 0) is 9.53 Å². The van der Waals surface area contributed by atoms with E-state index in [4.69, 9.17) is 21.6 Å². The molecule has 0 unspecified atom stereocenters. The van der Waals surface area contributed by atoms with E-state index in [0.29, 0.717) is 48.9 Å². The zero-order chi connectivity index (χ0) is 14.6. The Hall–Kier alpha value is -1.77. The molecule has 106 valence electrons. The maximum Gasteiger partial charge on any atom is 0.311 e. The van der Waals surface area contributed by atoms with Gasteiger partial charge in [-0.25, -0.2) is 0 Å². The van der Waals surface area contributed by atoms with Crippen molar-refractivity contribution in [2.24, 2.45) is 5.41 Å². The van der Waals surface area contributed by atoms with Gasteiger partial charge < -0.3 is 15.2 Å². The van der Waals surface area contributed by atoms with Crippen molar-refractivity contribution in [3.63, 3.8) is 0 Å². The molecule has 1 aromatic rings. The van der Waals surface area contributed by atoms with Gasteiger partial charge in [0, 0.05) is 25.4 Å². The van der Waals surface area contributed by atoms with Gasteiger partial charge in [-0.3, -0.25) is 4.79 Å². The fourth-order valence-electron chi connectivity index (χ4n) is 2.22. The van der Waals surface area contributed by atoms with E-state index in [1.807, 2.05) is 6.07 Å². The summed E-state index contributed by atoms with van der Waals surface area (Å²) in [7, 11) is 0. The Morgan fingerprint density at radius 1 is 1.50 bits per heavy atom. The van der Waals surface area contributed by atoms with Crippen LogP contribution in [0.5, 0.6) is 0 Å². The number of carboxylic acids is 1. The Kier molecular flexibility index (Phi) is 4.48. The molecule has 6 heteroatoms. The smallest absolute Gasteiger partial charge is 0.311 e. The number of nitriles is 1. The minimum absolute atomic E-state index is 0.313. The lowest BCUT2D eigenvalue weighted by Crippen LogP contribution is -2.42. The lowest BCUT2D eigenvalue weighted by atomic mass is 9.80. The van der Waals surface area contributed by atoms with Crippen molar-refractivity contribution in [3.8, 4) is 6.07 Å². The summed E-state index contributed by atoms with van der Waals surface area (Å²) in [4.78, 5) is 11.5. The molecule has 1 heterocycles. The Balaban J connectivity index is 2.08. The van der Waals surface area contributed by atoms with Crippen molar-refractivity contribution < 1.29 is 14.6 Å². The summed E-state index contributed by atoms with van der Waals surface area (Å²) in [6.45, 7) is 1.23. The lowest BCUT2D eigenvalue weighted by molar-refractivity contribution is -0.153. The standard InChI is InChI=1S/C14H15ClN2O3/c15-12-7-11(2-1-10(12)8-16)17-9-14(13(18)19)3-5-20-6-4-14/h1-2,7,17H,3-6,9H2,(H,18,19). The predicted molar refractivity (Wildman–Crippen MR) is 74.8 cm³/mol. The highest BCUT2D eigenvalue weighted by molar-refractivity contribution is 6.32. The van der Waals surface area contributed by atoms with E-state index >= 15 is 0 Å². The minimum Gasteiger partial charge on any atom is -0.481 e. The molecule has 2 N–H and O–H groups in total. The number of hydrogen-bond donors (Lipinski definition) is 2. The third-order valence-electron chi connectivity index (χ3n) is 3.62. The Labute approximate surface area is 122 Å². The van der Waals surface area contributed by atoms with E-state index in [-0.39, 0.29) is 0 Å². The zero-order valence-corrected chi connectivity index (χ0v) is 11.6. The van der Waals surface area contributed by atoms with Crippen molar-refractivity contribution in [3.05, 3.63) is 28.8 Å². The maximum absolute atomic E-state index is 11.5. The Morgan fingerprint density at radius 2 is 2.20 bits per heavy atom. The molecule has 0 radical (unpaired) electrons. The van der Waals surface area contributed by atoms with Crippen LogP contribution in [0.2, 0.25) is 5.02 Å². The summed E-state index contributed by atoms with van der Waals surface area (Å²) in [5.41, 5.74) is 0.302. The van der Waals surface area contributed by atoms with Gasteiger partial charge in [0.15, 0.2) is 0 Å². The molecule has 20 heavy (non-hydrogen) atoms. The molecule has 0 aliphatic carbocycles. The number of halogens is 1. The van der Waals surface area contributed by atoms with Gasteiger partial charge in [0.05, 0.1) is 16.0 Å². The molecule has 5 nitrogen and oxygen atoms in total. The molecule has 1 saturated heterocycles. The molecule has 1 aliphatic rings. The number of benzene rings is 1. The molecule has 0 bridgehead atoms. The third kappa shape index (κ3) is 3.03. The van der Waals surface area contributed by atoms with Crippen molar-refractivity contribution in [1.82, 2.24) is 0 Å². The molecule has 1 aromatic carbocycles. The first kappa shape index (κ1) is 14.6. The molecule has 0 amide bonds. The zero-order valence-electron chi connectivity index (χ0n) is 10.9. The van der Waals surface area contributed by atoms with E-state index in [1.165, 1.54) is 0 Å². The fraction of sp³-hybridized carbons (Fsp3) is 0.429. The molecule has 0 saturated carbocycles. The van der Waals surface area contributed by atoms with Crippen LogP contribution in [-0.4, -0.2) is 30.8 Å². The number of ether oxygens (including phenoxy) is 1. The van der Waals surface area contributed by atoms with Crippen LogP contribution < -0.4 is 5.32 Å². The number of hydrogen-bond acceptors (Lipinski definition) is 4. The molecule has 0 aromatic heterocycles. The van der Waals surface area contributed by atoms with Gasteiger partial charge >= 0.3 is 5.97 Å². The number of carbonyl (C=O) groups is 1. The largest absolute Gasteiger partial charge is 0.481 e. The molecule has 1 aliphatic heterocycles. The van der Waals surface area contributed by atoms with Crippen LogP contribution in [0.15, 0.2) is 18.2 Å². The first-order valence-electron chi connectivity index (χ1n) is 6.32. The van der Waals surface area contributed by atoms with Gasteiger partial charge in [0.2, 0.25) is 0 Å². The van der Waals surface area contributed by atoms with Crippen molar-refractivity contribution in [1.29, 1.82) is 5.26 Å². The minimum atomic E-state index is -0.812. The van der Waals surface area contributed by atoms with Crippen molar-refractivity contribution in [2.45, 2.75) is 12.8 Å². The number of nitrogens with one attached hydrogen (secondary N) is 1. The van der Waals surface area contributed by atoms with Crippen LogP contribution in [0.4, 0.5) is 5.69 Å². The number of rotatable bonds is 4. The van der Waals surface area contributed by atoms with E-state index in [0.717, 1.165) is 0 Å². The second-order valence-corrected chi connectivity index (χ2v) is 5.27. The van der Waals surface area contributed by atoms with Crippen LogP contribution in [0.25, 0.3) is 0 Å². The number of anilines is 1. The molecule has 1 fully saturated rings. The van der Waals surface area contributed by atoms with Crippen LogP contribution in [0.1, 0.15) is 18.4 Å². The van der Waals surface area contributed by atoms with Crippen LogP contribution in [0, 0.1) is 16.7 Å². The third-order valence-corrected chi connectivity index (χ3v) is 3.94. The van der Waals surface area contributed by atoms with Gasteiger partial charge in [-0.15, -0.1) is 0 Å². The van der Waals surface area contributed by atoms with Crippen LogP contribution in [0.3, 0.4) is 0 Å². The summed E-state index contributed by atoms with van der Waals surface area (Å²) in [6.07, 6.45) is 0.971. The fourth-order valence-corrected chi connectivity index (χ4v) is 2.44. The molecule has 0 atom stereocenters. The maximum atomic E-state index is 11.5. The van der Waals surface area contributed by atoms with Gasteiger partial charge in [0.1, 0.15) is 6.07 Å². The average molecular weight is 295 g/mol. The van der Waals surface area contributed by atoms with Crippen molar-refractivity contribution >= 4 is 23.3 Å². The first-order chi connectivity index (χ1) is 9.57. The summed E-state index contributed by atoms with van der Waals surface area (Å²) < 4.78 is 5.23. The van der Waals surface area contributed by atoms with Crippen LogP contribution >= 0.6 is 11.6 Å². The van der Waals surface area contributed by atoms with E-state index in [1.54, 1.807) is 18.2 Å². The highest BCUT2D eigenvalue weighted by atomic mass is 35.5. The normalized spacial score (nSPS) is 17.2. The monoisotopic (exact) mass is 294 g/mol. The second kappa shape index (κ2) is 6.12. The van der Waals surface area contributed by atoms with Gasteiger partial charge in [-0.2, -0.15) is 5.26 Å². The van der Waals surface area contributed by atoms with Gasteiger partial charge in [-0.1, -0.05) is 11.6 Å². The van der Waals surface area contributed by atoms with Gasteiger partial charge in [-0.05, 0) is 31.0 Å². The first-order valence-corrected chi connectivity index (χ1v) is 6.70. The lowest BCUT2D eigenvalue weighted by Gasteiger charge is -2.33. The number of carboxylic acid groups (broad SMARTS) is 1. The second-order valence-electron chi connectivity index (χ2n) is 4.86. The molecule has 0 spiro atoms. The van der Waals surface area contributed by atoms with E-state index < -0.39 is 11.4 Å². The average Bonchev–Trinajstić information content (AvgIpc) is 2.46. The predicted octanol–water partition coefficient (Wildman–Crippen LogP) is 2.50. The van der Waals surface area contributed by atoms with E-state index in [2.05, 4.69) is 5.32 Å². The highest BCUT2D eigenvalue weighted by Crippen LogP contribution is 2.31. The quantitative estimate of drug-likeness (QED) is 0.891. The topological polar surface area (TPSA) is 82.4 Å². The van der Waals surface area contributed by atoms with Gasteiger partial charge in [0.25, 0.3) is 0 Å². The van der Waals surface area contributed by atoms with E-state index in [9.17, 15) is 9.90 Å². The molecular formula is C14H15ClN2O3. The highest BCUT2D eigenvalue weighted by Gasteiger charge is 2.40. The molecule has 2 rings (SSSR count). The summed E-state index contributed by atoms with van der Waals surface area (Å²) in [5, 5.41) is 21.7. The summed E-state index contributed by atoms with van der Waals surface area (Å²) in [5.74, 6) is -0.812. The Morgan fingerprint density at radius 3 is 2.75 bits per heavy atom. The summed E-state index contributed by atoms with van der Waals surface area (Å²) >= 11 is 5.95. The van der Waals surface area contributed by atoms with Crippen molar-refractivity contribution in [2.75, 3.05) is 25.1 Å². The summed E-state index contributed by atoms with van der Waals surface area (Å²) in [6, 6.07) is 6.95. The SMILES string of the molecule is N#Cc1ccc(NCC2(C(=O)O)CCOCC2)cc1Cl. The Bertz CT molecular complexity index is 548.